The van der Waals surface area contributed by atoms with Gasteiger partial charge in [-0.05, 0) is 40.8 Å². The second kappa shape index (κ2) is 10.7. The molecule has 0 saturated heterocycles. The monoisotopic (exact) mass is 631 g/mol. The van der Waals surface area contributed by atoms with Crippen LogP contribution in [0.2, 0.25) is 0 Å². The van der Waals surface area contributed by atoms with Gasteiger partial charge in [0.1, 0.15) is 11.2 Å². The lowest BCUT2D eigenvalue weighted by Crippen LogP contribution is -2.01. The van der Waals surface area contributed by atoms with Crippen LogP contribution >= 0.6 is 11.3 Å². The van der Waals surface area contributed by atoms with Gasteiger partial charge >= 0.3 is 0 Å². The highest BCUT2D eigenvalue weighted by atomic mass is 32.1. The van der Waals surface area contributed by atoms with Crippen LogP contribution in [-0.2, 0) is 0 Å². The number of furan rings is 1. The molecule has 0 N–H and O–H groups in total. The van der Waals surface area contributed by atoms with E-state index in [1.807, 2.05) is 36.4 Å². The molecule has 3 aromatic heterocycles. The van der Waals surface area contributed by atoms with Crippen molar-refractivity contribution in [3.63, 3.8) is 0 Å². The minimum Gasteiger partial charge on any atom is -0.455 e. The van der Waals surface area contributed by atoms with Crippen LogP contribution in [0.5, 0.6) is 0 Å². The third-order valence-electron chi connectivity index (χ3n) is 9.12. The summed E-state index contributed by atoms with van der Waals surface area (Å²) in [7, 11) is 0. The van der Waals surface area contributed by atoms with Crippen molar-refractivity contribution in [2.24, 2.45) is 0 Å². The van der Waals surface area contributed by atoms with Gasteiger partial charge in [0.2, 0.25) is 0 Å². The molecular weight excluding hydrogens is 607 g/mol. The number of fused-ring (bicyclic) bond motifs is 8. The Morgan fingerprint density at radius 1 is 0.417 bits per heavy atom. The van der Waals surface area contributed by atoms with Gasteiger partial charge in [-0.15, -0.1) is 11.3 Å². The molecule has 0 atom stereocenters. The lowest BCUT2D eigenvalue weighted by molar-refractivity contribution is 0.673. The first kappa shape index (κ1) is 27.0. The quantitative estimate of drug-likeness (QED) is 0.194. The summed E-state index contributed by atoms with van der Waals surface area (Å²) in [5.41, 5.74) is 6.77. The number of para-hydroxylation sites is 1. The zero-order valence-electron chi connectivity index (χ0n) is 25.6. The van der Waals surface area contributed by atoms with E-state index in [0.717, 1.165) is 60.5 Å². The number of aromatic nitrogens is 3. The number of thiophene rings is 1. The summed E-state index contributed by atoms with van der Waals surface area (Å²) in [6.07, 6.45) is 0. The summed E-state index contributed by atoms with van der Waals surface area (Å²) >= 11 is 1.79. The SMILES string of the molecule is c1ccc(-c2nc(-c3cccc4sc5ccccc5c34)nc(-c3cc4cccc(-c5ccccc5)c4c4oc5ccccc5c34)n2)cc1. The molecule has 7 aromatic carbocycles. The lowest BCUT2D eigenvalue weighted by Gasteiger charge is -2.13. The van der Waals surface area contributed by atoms with E-state index in [1.165, 1.54) is 20.2 Å². The van der Waals surface area contributed by atoms with Gasteiger partial charge in [-0.25, -0.2) is 15.0 Å². The van der Waals surface area contributed by atoms with Crippen LogP contribution in [-0.4, -0.2) is 15.0 Å². The maximum atomic E-state index is 6.75. The molecule has 4 nitrogen and oxygen atoms in total. The third kappa shape index (κ3) is 4.18. The van der Waals surface area contributed by atoms with Crippen LogP contribution in [0.4, 0.5) is 0 Å². The summed E-state index contributed by atoms with van der Waals surface area (Å²) < 4.78 is 9.20. The van der Waals surface area contributed by atoms with Crippen molar-refractivity contribution in [3.8, 4) is 45.3 Å². The van der Waals surface area contributed by atoms with Crippen molar-refractivity contribution in [3.05, 3.63) is 152 Å². The summed E-state index contributed by atoms with van der Waals surface area (Å²) in [5.74, 6) is 1.89. The third-order valence-corrected chi connectivity index (χ3v) is 10.3. The molecule has 5 heteroatoms. The van der Waals surface area contributed by atoms with E-state index in [0.29, 0.717) is 17.5 Å². The maximum absolute atomic E-state index is 6.75. The number of benzene rings is 7. The Balaban J connectivity index is 1.32. The summed E-state index contributed by atoms with van der Waals surface area (Å²) in [6.45, 7) is 0. The van der Waals surface area contributed by atoms with Crippen molar-refractivity contribution in [2.75, 3.05) is 0 Å². The van der Waals surface area contributed by atoms with Gasteiger partial charge in [-0.2, -0.15) is 0 Å². The number of hydrogen-bond donors (Lipinski definition) is 0. The molecule has 0 bridgehead atoms. The fraction of sp³-hybridized carbons (Fsp3) is 0. The molecule has 0 aliphatic rings. The molecule has 0 aliphatic carbocycles. The Kier molecular flexibility index (Phi) is 6.01. The molecule has 10 rings (SSSR count). The van der Waals surface area contributed by atoms with Gasteiger partial charge in [-0.3, -0.25) is 0 Å². The van der Waals surface area contributed by atoms with Crippen LogP contribution in [0, 0.1) is 0 Å². The summed E-state index contributed by atoms with van der Waals surface area (Å²) in [6, 6.07) is 52.5. The zero-order valence-corrected chi connectivity index (χ0v) is 26.4. The van der Waals surface area contributed by atoms with E-state index in [9.17, 15) is 0 Å². The Bertz CT molecular complexity index is 2840. The van der Waals surface area contributed by atoms with Crippen LogP contribution in [0.3, 0.4) is 0 Å². The highest BCUT2D eigenvalue weighted by Gasteiger charge is 2.22. The van der Waals surface area contributed by atoms with Crippen molar-refractivity contribution < 1.29 is 4.42 Å². The average Bonchev–Trinajstić information content (AvgIpc) is 3.74. The minimum absolute atomic E-state index is 0.610. The molecule has 0 amide bonds. The van der Waals surface area contributed by atoms with Gasteiger partial charge in [0.05, 0.1) is 0 Å². The molecule has 0 aliphatic heterocycles. The smallest absolute Gasteiger partial charge is 0.164 e. The first-order valence-electron chi connectivity index (χ1n) is 15.9. The first-order chi connectivity index (χ1) is 23.8. The highest BCUT2D eigenvalue weighted by molar-refractivity contribution is 7.25. The molecule has 0 spiro atoms. The lowest BCUT2D eigenvalue weighted by atomic mass is 9.93. The molecule has 0 unspecified atom stereocenters. The van der Waals surface area contributed by atoms with E-state index < -0.39 is 0 Å². The summed E-state index contributed by atoms with van der Waals surface area (Å²) in [4.78, 5) is 15.6. The zero-order chi connectivity index (χ0) is 31.6. The molecule has 0 saturated carbocycles. The van der Waals surface area contributed by atoms with E-state index in [4.69, 9.17) is 19.4 Å². The van der Waals surface area contributed by atoms with Crippen LogP contribution in [0.25, 0.3) is 98.2 Å². The van der Waals surface area contributed by atoms with Crippen molar-refractivity contribution in [2.45, 2.75) is 0 Å². The van der Waals surface area contributed by atoms with E-state index >= 15 is 0 Å². The second-order valence-electron chi connectivity index (χ2n) is 11.9. The Morgan fingerprint density at radius 2 is 1.04 bits per heavy atom. The fourth-order valence-electron chi connectivity index (χ4n) is 6.99. The fourth-order valence-corrected chi connectivity index (χ4v) is 8.12. The predicted octanol–water partition coefficient (Wildman–Crippen LogP) is 12.0. The number of nitrogens with zero attached hydrogens (tertiary/aromatic N) is 3. The molecule has 224 valence electrons. The standard InChI is InChI=1S/C43H25N3OS/c1-3-13-26(14-4-1)29-20-11-17-28-25-33(39-30-18-7-9-22-34(30)47-40(39)37(28)29)43-45-41(27-15-5-2-6-16-27)44-42(46-43)32-21-12-24-36-38(32)31-19-8-10-23-35(31)48-36/h1-25H. The largest absolute Gasteiger partial charge is 0.455 e. The molecule has 3 heterocycles. The normalized spacial score (nSPS) is 11.8. The molecule has 48 heavy (non-hydrogen) atoms. The predicted molar refractivity (Wildman–Crippen MR) is 199 cm³/mol. The highest BCUT2D eigenvalue weighted by Crippen LogP contribution is 2.45. The Morgan fingerprint density at radius 3 is 1.88 bits per heavy atom. The summed E-state index contributed by atoms with van der Waals surface area (Å²) in [5, 5.41) is 6.54. The Labute approximate surface area is 279 Å². The molecular formula is C43H25N3OS. The van der Waals surface area contributed by atoms with E-state index in [-0.39, 0.29) is 0 Å². The van der Waals surface area contributed by atoms with Crippen molar-refractivity contribution in [1.29, 1.82) is 0 Å². The van der Waals surface area contributed by atoms with E-state index in [1.54, 1.807) is 11.3 Å². The number of hydrogen-bond acceptors (Lipinski definition) is 5. The van der Waals surface area contributed by atoms with Gasteiger partial charge < -0.3 is 4.42 Å². The first-order valence-corrected chi connectivity index (χ1v) is 16.8. The molecule has 10 aromatic rings. The molecule has 0 radical (unpaired) electrons. The van der Waals surface area contributed by atoms with Crippen LogP contribution in [0.1, 0.15) is 0 Å². The minimum atomic E-state index is 0.610. The van der Waals surface area contributed by atoms with Crippen molar-refractivity contribution in [1.82, 2.24) is 15.0 Å². The van der Waals surface area contributed by atoms with Crippen LogP contribution in [0.15, 0.2) is 156 Å². The van der Waals surface area contributed by atoms with Gasteiger partial charge in [0.25, 0.3) is 0 Å². The second-order valence-corrected chi connectivity index (χ2v) is 13.0. The van der Waals surface area contributed by atoms with E-state index in [2.05, 4.69) is 115 Å². The molecule has 0 fully saturated rings. The average molecular weight is 632 g/mol. The van der Waals surface area contributed by atoms with Crippen molar-refractivity contribution >= 4 is 64.2 Å². The topological polar surface area (TPSA) is 51.8 Å². The van der Waals surface area contributed by atoms with Gasteiger partial charge in [0.15, 0.2) is 17.5 Å². The Hall–Kier alpha value is -6.17. The van der Waals surface area contributed by atoms with Crippen LogP contribution < -0.4 is 0 Å². The van der Waals surface area contributed by atoms with Gasteiger partial charge in [-0.1, -0.05) is 127 Å². The van der Waals surface area contributed by atoms with Gasteiger partial charge in [0, 0.05) is 53.0 Å². The maximum Gasteiger partial charge on any atom is 0.164 e. The number of rotatable bonds is 4.